The number of rotatable bonds is 6. The number of nitrogens with one attached hydrogen (secondary N) is 2. The smallest absolute Gasteiger partial charge is 0.230 e. The molecule has 0 atom stereocenters. The molecule has 0 spiro atoms. The van der Waals surface area contributed by atoms with Gasteiger partial charge in [0.1, 0.15) is 11.3 Å². The molecule has 0 saturated carbocycles. The molecule has 2 aliphatic heterocycles. The molecular weight excluding hydrogens is 370 g/mol. The maximum atomic E-state index is 5.44. The second kappa shape index (κ2) is 9.34. The van der Waals surface area contributed by atoms with Gasteiger partial charge in [-0.25, -0.2) is 15.0 Å². The molecule has 9 heteroatoms. The molecule has 2 N–H and O–H groups in total. The van der Waals surface area contributed by atoms with E-state index in [2.05, 4.69) is 35.4 Å². The fraction of sp³-hybridized carbons (Fsp3) is 0.550. The van der Waals surface area contributed by atoms with Gasteiger partial charge in [-0.2, -0.15) is 0 Å². The van der Waals surface area contributed by atoms with Crippen LogP contribution in [0.1, 0.15) is 12.1 Å². The molecule has 1 saturated heterocycles. The Morgan fingerprint density at radius 3 is 2.76 bits per heavy atom. The summed E-state index contributed by atoms with van der Waals surface area (Å²) in [6.07, 6.45) is 1.13. The lowest BCUT2D eigenvalue weighted by Gasteiger charge is -2.29. The quantitative estimate of drug-likeness (QED) is 0.751. The average molecular weight is 399 g/mol. The number of hydrogen-bond acceptors (Lipinski definition) is 9. The van der Waals surface area contributed by atoms with E-state index >= 15 is 0 Å². The summed E-state index contributed by atoms with van der Waals surface area (Å²) in [6, 6.07) is 5.86. The van der Waals surface area contributed by atoms with E-state index in [0.29, 0.717) is 18.6 Å². The molecule has 4 rings (SSSR count). The molecule has 156 valence electrons. The minimum atomic E-state index is 0.520. The van der Waals surface area contributed by atoms with Crippen LogP contribution < -0.4 is 15.4 Å². The zero-order valence-electron chi connectivity index (χ0n) is 17.1. The number of morpholine rings is 1. The van der Waals surface area contributed by atoms with Gasteiger partial charge in [0, 0.05) is 25.0 Å². The SMILES string of the molecule is COc1cccc2c(C)nc(NC3=NCN(CCCN4CCOCC4)CN3)nc12. The Morgan fingerprint density at radius 1 is 1.17 bits per heavy atom. The zero-order chi connectivity index (χ0) is 20.1. The van der Waals surface area contributed by atoms with Crippen molar-refractivity contribution in [2.45, 2.75) is 13.3 Å². The van der Waals surface area contributed by atoms with Crippen LogP contribution in [-0.4, -0.2) is 85.6 Å². The molecule has 3 heterocycles. The molecule has 0 amide bonds. The molecule has 0 radical (unpaired) electrons. The molecule has 1 aromatic heterocycles. The second-order valence-electron chi connectivity index (χ2n) is 7.30. The summed E-state index contributed by atoms with van der Waals surface area (Å²) in [5, 5.41) is 7.51. The first-order chi connectivity index (χ1) is 14.2. The molecule has 0 bridgehead atoms. The number of benzene rings is 1. The van der Waals surface area contributed by atoms with Crippen molar-refractivity contribution in [3.8, 4) is 5.75 Å². The monoisotopic (exact) mass is 399 g/mol. The van der Waals surface area contributed by atoms with Crippen LogP contribution in [0, 0.1) is 6.92 Å². The van der Waals surface area contributed by atoms with Crippen LogP contribution >= 0.6 is 0 Å². The van der Waals surface area contributed by atoms with E-state index < -0.39 is 0 Å². The Balaban J connectivity index is 1.32. The van der Waals surface area contributed by atoms with E-state index in [0.717, 1.165) is 74.8 Å². The van der Waals surface area contributed by atoms with E-state index in [1.165, 1.54) is 0 Å². The molecule has 0 unspecified atom stereocenters. The van der Waals surface area contributed by atoms with Crippen molar-refractivity contribution in [3.05, 3.63) is 23.9 Å². The van der Waals surface area contributed by atoms with Crippen molar-refractivity contribution in [2.75, 3.05) is 65.2 Å². The topological polar surface area (TPSA) is 87.1 Å². The van der Waals surface area contributed by atoms with Crippen molar-refractivity contribution in [1.29, 1.82) is 0 Å². The number of methoxy groups -OCH3 is 1. The van der Waals surface area contributed by atoms with Gasteiger partial charge < -0.3 is 14.8 Å². The third-order valence-electron chi connectivity index (χ3n) is 5.28. The van der Waals surface area contributed by atoms with E-state index in [-0.39, 0.29) is 0 Å². The number of guanidine groups is 1. The Labute approximate surface area is 171 Å². The van der Waals surface area contributed by atoms with Crippen LogP contribution in [0.2, 0.25) is 0 Å². The average Bonchev–Trinajstić information content (AvgIpc) is 2.75. The largest absolute Gasteiger partial charge is 0.494 e. The molecule has 2 aliphatic rings. The number of ether oxygens (including phenoxy) is 2. The Kier molecular flexibility index (Phi) is 6.38. The second-order valence-corrected chi connectivity index (χ2v) is 7.30. The number of fused-ring (bicyclic) bond motifs is 1. The molecule has 1 fully saturated rings. The van der Waals surface area contributed by atoms with Crippen LogP contribution in [0.5, 0.6) is 5.75 Å². The number of para-hydroxylation sites is 1. The lowest BCUT2D eigenvalue weighted by molar-refractivity contribution is 0.0360. The Bertz CT molecular complexity index is 867. The van der Waals surface area contributed by atoms with E-state index in [1.807, 2.05) is 25.1 Å². The first kappa shape index (κ1) is 19.8. The summed E-state index contributed by atoms with van der Waals surface area (Å²) in [6.45, 7) is 9.31. The number of hydrogen-bond donors (Lipinski definition) is 2. The third kappa shape index (κ3) is 4.92. The highest BCUT2D eigenvalue weighted by molar-refractivity contribution is 5.94. The van der Waals surface area contributed by atoms with Gasteiger partial charge in [0.2, 0.25) is 11.9 Å². The summed E-state index contributed by atoms with van der Waals surface area (Å²) in [5.74, 6) is 1.95. The highest BCUT2D eigenvalue weighted by Crippen LogP contribution is 2.26. The predicted octanol–water partition coefficient (Wildman–Crippen LogP) is 1.26. The number of aromatic nitrogens is 2. The van der Waals surface area contributed by atoms with Crippen molar-refractivity contribution >= 4 is 22.8 Å². The van der Waals surface area contributed by atoms with Crippen LogP contribution in [0.3, 0.4) is 0 Å². The van der Waals surface area contributed by atoms with Gasteiger partial charge in [0.15, 0.2) is 0 Å². The van der Waals surface area contributed by atoms with E-state index in [4.69, 9.17) is 9.47 Å². The molecule has 1 aromatic carbocycles. The van der Waals surface area contributed by atoms with Gasteiger partial charge in [-0.1, -0.05) is 12.1 Å². The van der Waals surface area contributed by atoms with Gasteiger partial charge >= 0.3 is 0 Å². The van der Waals surface area contributed by atoms with Gasteiger partial charge in [-0.15, -0.1) is 0 Å². The molecule has 0 aliphatic carbocycles. The standard InChI is InChI=1S/C20H29N7O2/c1-15-16-5-3-6-17(28-2)18(16)24-20(23-15)25-19-21-13-27(14-22-19)8-4-7-26-9-11-29-12-10-26/h3,5-6H,4,7-14H2,1-2H3,(H2,21,22,23,24,25). The fourth-order valence-electron chi connectivity index (χ4n) is 3.65. The Hall–Kier alpha value is -2.49. The summed E-state index contributed by atoms with van der Waals surface area (Å²) in [5.41, 5.74) is 1.70. The fourth-order valence-corrected chi connectivity index (χ4v) is 3.65. The first-order valence-electron chi connectivity index (χ1n) is 10.1. The summed E-state index contributed by atoms with van der Waals surface area (Å²) in [7, 11) is 1.65. The highest BCUT2D eigenvalue weighted by Gasteiger charge is 2.15. The highest BCUT2D eigenvalue weighted by atomic mass is 16.5. The molecule has 29 heavy (non-hydrogen) atoms. The number of nitrogens with zero attached hydrogens (tertiary/aromatic N) is 5. The maximum Gasteiger partial charge on any atom is 0.230 e. The van der Waals surface area contributed by atoms with Crippen molar-refractivity contribution in [1.82, 2.24) is 25.1 Å². The van der Waals surface area contributed by atoms with Crippen LogP contribution in [0.15, 0.2) is 23.2 Å². The van der Waals surface area contributed by atoms with E-state index in [9.17, 15) is 0 Å². The van der Waals surface area contributed by atoms with Gasteiger partial charge in [-0.05, 0) is 26.0 Å². The predicted molar refractivity (Wildman–Crippen MR) is 113 cm³/mol. The van der Waals surface area contributed by atoms with Gasteiger partial charge in [-0.3, -0.25) is 15.1 Å². The third-order valence-corrected chi connectivity index (χ3v) is 5.28. The van der Waals surface area contributed by atoms with Crippen molar-refractivity contribution < 1.29 is 9.47 Å². The Morgan fingerprint density at radius 2 is 2.00 bits per heavy atom. The number of aliphatic imine (C=N–C) groups is 1. The van der Waals surface area contributed by atoms with E-state index in [1.54, 1.807) is 7.11 Å². The van der Waals surface area contributed by atoms with Gasteiger partial charge in [0.05, 0.1) is 39.4 Å². The minimum Gasteiger partial charge on any atom is -0.494 e. The van der Waals surface area contributed by atoms with Crippen LogP contribution in [0.4, 0.5) is 5.95 Å². The molecule has 9 nitrogen and oxygen atoms in total. The normalized spacial score (nSPS) is 18.3. The van der Waals surface area contributed by atoms with Crippen molar-refractivity contribution in [2.24, 2.45) is 4.99 Å². The maximum absolute atomic E-state index is 5.44. The summed E-state index contributed by atoms with van der Waals surface area (Å²) < 4.78 is 10.8. The first-order valence-corrected chi connectivity index (χ1v) is 10.1. The van der Waals surface area contributed by atoms with Crippen LogP contribution in [0.25, 0.3) is 10.9 Å². The lowest BCUT2D eigenvalue weighted by atomic mass is 10.2. The molecular formula is C20H29N7O2. The van der Waals surface area contributed by atoms with Gasteiger partial charge in [0.25, 0.3) is 0 Å². The zero-order valence-corrected chi connectivity index (χ0v) is 17.1. The number of aryl methyl sites for hydroxylation is 1. The van der Waals surface area contributed by atoms with Crippen molar-refractivity contribution in [3.63, 3.8) is 0 Å². The summed E-state index contributed by atoms with van der Waals surface area (Å²) in [4.78, 5) is 18.5. The van der Waals surface area contributed by atoms with Crippen LogP contribution in [-0.2, 0) is 4.74 Å². The summed E-state index contributed by atoms with van der Waals surface area (Å²) >= 11 is 0. The molecule has 2 aromatic rings. The minimum absolute atomic E-state index is 0.520. The lowest BCUT2D eigenvalue weighted by Crippen LogP contribution is -2.47. The number of anilines is 1.